The Balaban J connectivity index is 1.48. The van der Waals surface area contributed by atoms with Crippen molar-refractivity contribution < 1.29 is 19.0 Å². The minimum atomic E-state index is -0.261. The van der Waals surface area contributed by atoms with Crippen molar-refractivity contribution in [3.63, 3.8) is 0 Å². The fraction of sp³-hybridized carbons (Fsp3) is 0.458. The van der Waals surface area contributed by atoms with Crippen molar-refractivity contribution in [2.45, 2.75) is 18.5 Å². The molecule has 31 heavy (non-hydrogen) atoms. The zero-order chi connectivity index (χ0) is 21.4. The number of morpholine rings is 1. The summed E-state index contributed by atoms with van der Waals surface area (Å²) in [5.41, 5.74) is 3.26. The van der Waals surface area contributed by atoms with Crippen LogP contribution in [0.4, 0.5) is 10.1 Å². The van der Waals surface area contributed by atoms with E-state index in [1.807, 2.05) is 29.2 Å². The van der Waals surface area contributed by atoms with Gasteiger partial charge in [-0.25, -0.2) is 4.39 Å². The molecule has 0 radical (unpaired) electrons. The van der Waals surface area contributed by atoms with Gasteiger partial charge in [0.2, 0.25) is 5.91 Å². The van der Waals surface area contributed by atoms with Crippen molar-refractivity contribution in [3.8, 4) is 11.1 Å². The van der Waals surface area contributed by atoms with E-state index in [-0.39, 0.29) is 36.3 Å². The second kappa shape index (κ2) is 8.57. The fourth-order valence-corrected chi connectivity index (χ4v) is 5.25. The number of aliphatic hydroxyl groups is 1. The van der Waals surface area contributed by atoms with Crippen LogP contribution >= 0.6 is 0 Å². The van der Waals surface area contributed by atoms with Gasteiger partial charge in [-0.05, 0) is 35.7 Å². The van der Waals surface area contributed by atoms with Crippen LogP contribution in [0, 0.1) is 11.7 Å². The number of ether oxygens (including phenoxy) is 1. The maximum absolute atomic E-state index is 14.4. The Hall–Kier alpha value is -2.48. The highest BCUT2D eigenvalue weighted by Crippen LogP contribution is 2.47. The molecule has 7 heteroatoms. The zero-order valence-corrected chi connectivity index (χ0v) is 17.5. The van der Waals surface area contributed by atoms with Crippen molar-refractivity contribution in [1.82, 2.24) is 9.80 Å². The van der Waals surface area contributed by atoms with Crippen LogP contribution in [-0.4, -0.2) is 72.9 Å². The number of amides is 1. The first-order valence-electron chi connectivity index (χ1n) is 11.0. The maximum atomic E-state index is 14.4. The topological polar surface area (TPSA) is 65.0 Å². The SMILES string of the molecule is O=C(CN1CCOCC1)N1CC[C@@H]2[C@H]1c1cc(-c3ccccc3F)ccc1N[C@@H]2CO. The Kier molecular flexibility index (Phi) is 5.65. The lowest BCUT2D eigenvalue weighted by Crippen LogP contribution is -2.47. The van der Waals surface area contributed by atoms with Crippen LogP contribution in [0.15, 0.2) is 42.5 Å². The van der Waals surface area contributed by atoms with E-state index in [4.69, 9.17) is 4.74 Å². The normalized spacial score (nSPS) is 25.6. The second-order valence-corrected chi connectivity index (χ2v) is 8.59. The highest BCUT2D eigenvalue weighted by atomic mass is 19.1. The third-order valence-electron chi connectivity index (χ3n) is 6.84. The second-order valence-electron chi connectivity index (χ2n) is 8.59. The van der Waals surface area contributed by atoms with Gasteiger partial charge >= 0.3 is 0 Å². The minimum Gasteiger partial charge on any atom is -0.394 e. The lowest BCUT2D eigenvalue weighted by atomic mass is 9.82. The van der Waals surface area contributed by atoms with Gasteiger partial charge in [-0.2, -0.15) is 0 Å². The summed E-state index contributed by atoms with van der Waals surface area (Å²) in [5, 5.41) is 13.4. The van der Waals surface area contributed by atoms with Crippen LogP contribution in [-0.2, 0) is 9.53 Å². The Bertz CT molecular complexity index is 963. The number of carbonyl (C=O) groups is 1. The summed E-state index contributed by atoms with van der Waals surface area (Å²) in [6.07, 6.45) is 0.834. The number of nitrogens with zero attached hydrogens (tertiary/aromatic N) is 2. The van der Waals surface area contributed by atoms with Crippen LogP contribution in [0.3, 0.4) is 0 Å². The molecular formula is C24H28FN3O3. The molecule has 2 fully saturated rings. The summed E-state index contributed by atoms with van der Waals surface area (Å²) in [7, 11) is 0. The van der Waals surface area contributed by atoms with E-state index in [1.165, 1.54) is 6.07 Å². The molecule has 3 aliphatic heterocycles. The lowest BCUT2D eigenvalue weighted by Gasteiger charge is -2.40. The van der Waals surface area contributed by atoms with Gasteiger partial charge in [-0.15, -0.1) is 0 Å². The van der Waals surface area contributed by atoms with Crippen LogP contribution in [0.5, 0.6) is 0 Å². The van der Waals surface area contributed by atoms with Crippen molar-refractivity contribution in [3.05, 3.63) is 53.8 Å². The van der Waals surface area contributed by atoms with E-state index in [0.717, 1.165) is 36.3 Å². The number of rotatable bonds is 4. The quantitative estimate of drug-likeness (QED) is 0.788. The molecule has 0 unspecified atom stereocenters. The van der Waals surface area contributed by atoms with Gasteiger partial charge in [0.1, 0.15) is 5.82 Å². The number of hydrogen-bond acceptors (Lipinski definition) is 5. The third kappa shape index (κ3) is 3.82. The first-order chi connectivity index (χ1) is 15.2. The molecule has 2 aromatic carbocycles. The molecule has 0 aliphatic carbocycles. The van der Waals surface area contributed by atoms with Crippen LogP contribution in [0.25, 0.3) is 11.1 Å². The zero-order valence-electron chi connectivity index (χ0n) is 17.5. The van der Waals surface area contributed by atoms with Crippen molar-refractivity contribution in [2.24, 2.45) is 5.92 Å². The third-order valence-corrected chi connectivity index (χ3v) is 6.84. The number of hydrogen-bond donors (Lipinski definition) is 2. The van der Waals surface area contributed by atoms with Crippen LogP contribution in [0.2, 0.25) is 0 Å². The van der Waals surface area contributed by atoms with E-state index in [9.17, 15) is 14.3 Å². The summed E-state index contributed by atoms with van der Waals surface area (Å²) >= 11 is 0. The molecule has 0 saturated carbocycles. The number of anilines is 1. The van der Waals surface area contributed by atoms with Gasteiger partial charge in [0.15, 0.2) is 0 Å². The van der Waals surface area contributed by atoms with Gasteiger partial charge < -0.3 is 20.1 Å². The molecule has 2 saturated heterocycles. The van der Waals surface area contributed by atoms with Gasteiger partial charge in [0, 0.05) is 36.8 Å². The first kappa shape index (κ1) is 20.4. The van der Waals surface area contributed by atoms with Crippen LogP contribution in [0.1, 0.15) is 18.0 Å². The first-order valence-corrected chi connectivity index (χ1v) is 11.0. The fourth-order valence-electron chi connectivity index (χ4n) is 5.25. The largest absolute Gasteiger partial charge is 0.394 e. The number of aliphatic hydroxyl groups excluding tert-OH is 1. The van der Waals surface area contributed by atoms with Crippen molar-refractivity contribution >= 4 is 11.6 Å². The molecule has 0 bridgehead atoms. The smallest absolute Gasteiger partial charge is 0.237 e. The summed E-state index contributed by atoms with van der Waals surface area (Å²) in [6, 6.07) is 12.4. The summed E-state index contributed by atoms with van der Waals surface area (Å²) in [5.74, 6) is -0.0279. The molecule has 2 N–H and O–H groups in total. The van der Waals surface area contributed by atoms with E-state index in [0.29, 0.717) is 31.9 Å². The van der Waals surface area contributed by atoms with E-state index in [1.54, 1.807) is 12.1 Å². The van der Waals surface area contributed by atoms with Crippen molar-refractivity contribution in [2.75, 3.05) is 51.3 Å². The van der Waals surface area contributed by atoms with Crippen LogP contribution < -0.4 is 5.32 Å². The Morgan fingerprint density at radius 1 is 1.16 bits per heavy atom. The molecule has 6 nitrogen and oxygen atoms in total. The maximum Gasteiger partial charge on any atom is 0.237 e. The molecule has 3 atom stereocenters. The highest BCUT2D eigenvalue weighted by Gasteiger charge is 2.45. The Morgan fingerprint density at radius 3 is 2.74 bits per heavy atom. The molecular weight excluding hydrogens is 397 g/mol. The van der Waals surface area contributed by atoms with Gasteiger partial charge in [-0.1, -0.05) is 24.3 Å². The minimum absolute atomic E-state index is 0.0150. The molecule has 5 rings (SSSR count). The van der Waals surface area contributed by atoms with Gasteiger partial charge in [-0.3, -0.25) is 9.69 Å². The van der Waals surface area contributed by atoms with Gasteiger partial charge in [0.25, 0.3) is 0 Å². The summed E-state index contributed by atoms with van der Waals surface area (Å²) < 4.78 is 19.8. The molecule has 3 heterocycles. The predicted octanol–water partition coefficient (Wildman–Crippen LogP) is 2.50. The molecule has 3 aliphatic rings. The number of fused-ring (bicyclic) bond motifs is 3. The summed E-state index contributed by atoms with van der Waals surface area (Å²) in [4.78, 5) is 17.4. The van der Waals surface area contributed by atoms with Crippen molar-refractivity contribution in [1.29, 1.82) is 0 Å². The molecule has 0 spiro atoms. The monoisotopic (exact) mass is 425 g/mol. The molecule has 1 amide bonds. The Labute approximate surface area is 181 Å². The Morgan fingerprint density at radius 2 is 1.97 bits per heavy atom. The molecule has 164 valence electrons. The summed E-state index contributed by atoms with van der Waals surface area (Å²) in [6.45, 7) is 3.91. The standard InChI is InChI=1S/C24H28FN3O3/c25-20-4-2-1-3-17(20)16-5-6-21-19(13-16)24-18(22(15-29)26-21)7-8-28(24)23(30)14-27-9-11-31-12-10-27/h1-6,13,18,22,24,26,29H,7-12,14-15H2/t18-,22+,24-/m0/s1. The van der Waals surface area contributed by atoms with E-state index >= 15 is 0 Å². The average molecular weight is 426 g/mol. The lowest BCUT2D eigenvalue weighted by molar-refractivity contribution is -0.134. The highest BCUT2D eigenvalue weighted by molar-refractivity contribution is 5.80. The molecule has 0 aromatic heterocycles. The number of carbonyl (C=O) groups excluding carboxylic acids is 1. The number of nitrogens with one attached hydrogen (secondary N) is 1. The van der Waals surface area contributed by atoms with E-state index < -0.39 is 0 Å². The predicted molar refractivity (Wildman–Crippen MR) is 116 cm³/mol. The molecule has 2 aromatic rings. The van der Waals surface area contributed by atoms with Gasteiger partial charge in [0.05, 0.1) is 38.4 Å². The van der Waals surface area contributed by atoms with E-state index in [2.05, 4.69) is 10.2 Å². The number of halogens is 1. The number of likely N-dealkylation sites (tertiary alicyclic amines) is 1. The average Bonchev–Trinajstić information content (AvgIpc) is 3.25. The number of benzene rings is 2.